The summed E-state index contributed by atoms with van der Waals surface area (Å²) in [6, 6.07) is -1.04. The van der Waals surface area contributed by atoms with Crippen LogP contribution in [0.4, 0.5) is 5.13 Å². The van der Waals surface area contributed by atoms with Gasteiger partial charge < -0.3 is 35.8 Å². The van der Waals surface area contributed by atoms with Crippen LogP contribution in [-0.2, 0) is 43.0 Å². The number of nitrogens with two attached hydrogens (primary N) is 2. The maximum atomic E-state index is 13.3. The fourth-order valence-corrected chi connectivity index (χ4v) is 5.26. The van der Waals surface area contributed by atoms with E-state index in [1.54, 1.807) is 27.7 Å². The standard InChI is InChI=1S/C24H32N6O9S2.2ClH/c1-11(6-25)39-29-15(14-9-41-23(26)27-14)18(32)28-16-19(33)30-17(13(7-36-12(2)31)8-40-20(16)30)21(34)37-10-38-22(35)24(3,4)5;;/h9,11,16,20H,6-8,10,25H2,1-5H3,(H2,26,27)(H,28,32);2*1H/t11?,16-,20-;;/m1../s1. The highest BCUT2D eigenvalue weighted by atomic mass is 35.5. The lowest BCUT2D eigenvalue weighted by atomic mass is 9.98. The van der Waals surface area contributed by atoms with E-state index in [-0.39, 0.29) is 66.0 Å². The van der Waals surface area contributed by atoms with Gasteiger partial charge in [-0.3, -0.25) is 24.1 Å². The molecule has 5 N–H and O–H groups in total. The fourth-order valence-electron chi connectivity index (χ4n) is 3.39. The first-order chi connectivity index (χ1) is 19.2. The van der Waals surface area contributed by atoms with Gasteiger partial charge in [-0.2, -0.15) is 0 Å². The second-order valence-corrected chi connectivity index (χ2v) is 12.0. The van der Waals surface area contributed by atoms with Gasteiger partial charge >= 0.3 is 17.9 Å². The summed E-state index contributed by atoms with van der Waals surface area (Å²) in [6.07, 6.45) is -0.500. The molecule has 1 saturated heterocycles. The van der Waals surface area contributed by atoms with E-state index in [9.17, 15) is 24.0 Å². The third-order valence-electron chi connectivity index (χ3n) is 5.60. The molecular weight excluding hydrogens is 651 g/mol. The number of oxime groups is 1. The van der Waals surface area contributed by atoms with Crippen molar-refractivity contribution in [3.63, 3.8) is 0 Å². The van der Waals surface area contributed by atoms with E-state index in [1.807, 2.05) is 0 Å². The molecule has 2 amide bonds. The number of thiazole rings is 1. The fraction of sp³-hybridized carbons (Fsp3) is 0.542. The summed E-state index contributed by atoms with van der Waals surface area (Å²) in [5, 5.41) is 7.52. The Kier molecular flexibility index (Phi) is 14.2. The molecule has 1 aromatic rings. The quantitative estimate of drug-likeness (QED) is 0.0974. The molecule has 1 fully saturated rings. The normalized spacial score (nSPS) is 18.6. The van der Waals surface area contributed by atoms with E-state index >= 15 is 0 Å². The Morgan fingerprint density at radius 2 is 1.88 bits per heavy atom. The number of carbonyl (C=O) groups is 5. The number of esters is 3. The molecule has 1 aromatic heterocycles. The molecule has 0 saturated carbocycles. The third kappa shape index (κ3) is 9.43. The van der Waals surface area contributed by atoms with Gasteiger partial charge in [0.05, 0.1) is 5.41 Å². The van der Waals surface area contributed by atoms with E-state index < -0.39 is 59.4 Å². The molecule has 2 aliphatic heterocycles. The number of anilines is 1. The topological polar surface area (TPSA) is 215 Å². The Morgan fingerprint density at radius 3 is 2.44 bits per heavy atom. The van der Waals surface area contributed by atoms with Crippen LogP contribution in [0.25, 0.3) is 0 Å². The van der Waals surface area contributed by atoms with E-state index in [2.05, 4.69) is 15.5 Å². The second kappa shape index (κ2) is 16.1. The predicted molar refractivity (Wildman–Crippen MR) is 162 cm³/mol. The maximum absolute atomic E-state index is 13.3. The lowest BCUT2D eigenvalue weighted by molar-refractivity contribution is -0.173. The van der Waals surface area contributed by atoms with Gasteiger partial charge in [-0.25, -0.2) is 9.78 Å². The highest BCUT2D eigenvalue weighted by Gasteiger charge is 2.55. The van der Waals surface area contributed by atoms with Crippen molar-refractivity contribution in [2.45, 2.75) is 52.1 Å². The largest absolute Gasteiger partial charge is 0.461 e. The van der Waals surface area contributed by atoms with Gasteiger partial charge in [-0.15, -0.1) is 47.9 Å². The molecule has 3 atom stereocenters. The zero-order valence-electron chi connectivity index (χ0n) is 23.9. The van der Waals surface area contributed by atoms with Crippen LogP contribution < -0.4 is 16.8 Å². The van der Waals surface area contributed by atoms with Crippen molar-refractivity contribution in [2.24, 2.45) is 16.3 Å². The van der Waals surface area contributed by atoms with Crippen LogP contribution >= 0.6 is 47.9 Å². The molecule has 1 unspecified atom stereocenters. The smallest absolute Gasteiger partial charge is 0.358 e. The number of carbonyl (C=O) groups excluding carboxylic acids is 5. The molecule has 3 rings (SSSR count). The summed E-state index contributed by atoms with van der Waals surface area (Å²) < 4.78 is 15.2. The summed E-state index contributed by atoms with van der Waals surface area (Å²) in [5.41, 5.74) is 10.5. The number of hydrogen-bond acceptors (Lipinski definition) is 15. The number of β-lactam (4-membered cyclic amide) rings is 1. The molecule has 3 heterocycles. The SMILES string of the molecule is CC(=O)OCC1=C(C(=O)OCOC(=O)C(C)(C)C)N2C(=O)[C@@H](NC(=O)C(=NOC(C)CN)c3csc(N)n3)[C@H]2SC1.Cl.Cl. The van der Waals surface area contributed by atoms with Gasteiger partial charge in [0.2, 0.25) is 6.79 Å². The monoisotopic (exact) mass is 684 g/mol. The van der Waals surface area contributed by atoms with Crippen molar-refractivity contribution in [1.29, 1.82) is 0 Å². The van der Waals surface area contributed by atoms with Gasteiger partial charge in [0, 0.05) is 30.2 Å². The first-order valence-electron chi connectivity index (χ1n) is 12.3. The molecule has 0 radical (unpaired) electrons. The summed E-state index contributed by atoms with van der Waals surface area (Å²) in [7, 11) is 0. The number of thioether (sulfide) groups is 1. The lowest BCUT2D eigenvalue weighted by Gasteiger charge is -2.49. The van der Waals surface area contributed by atoms with Crippen molar-refractivity contribution >= 4 is 88.5 Å². The maximum Gasteiger partial charge on any atom is 0.358 e. The molecule has 2 aliphatic rings. The number of hydrogen-bond donors (Lipinski definition) is 3. The minimum atomic E-state index is -1.04. The van der Waals surface area contributed by atoms with Gasteiger partial charge in [-0.05, 0) is 27.7 Å². The van der Waals surface area contributed by atoms with Crippen LogP contribution in [-0.4, -0.2) is 88.5 Å². The number of aromatic nitrogens is 1. The number of halogens is 2. The predicted octanol–water partition coefficient (Wildman–Crippen LogP) is 0.944. The Morgan fingerprint density at radius 1 is 1.21 bits per heavy atom. The Balaban J connectivity index is 0.00000462. The summed E-state index contributed by atoms with van der Waals surface area (Å²) in [5.74, 6) is -3.34. The molecule has 0 spiro atoms. The Labute approximate surface area is 268 Å². The molecule has 0 aliphatic carbocycles. The van der Waals surface area contributed by atoms with E-state index in [4.69, 9.17) is 30.5 Å². The molecule has 15 nitrogen and oxygen atoms in total. The molecular formula is C24H34Cl2N6O9S2. The van der Waals surface area contributed by atoms with Crippen molar-refractivity contribution in [1.82, 2.24) is 15.2 Å². The van der Waals surface area contributed by atoms with Crippen LogP contribution in [0.2, 0.25) is 0 Å². The third-order valence-corrected chi connectivity index (χ3v) is 7.62. The van der Waals surface area contributed by atoms with Crippen LogP contribution in [0.1, 0.15) is 40.3 Å². The van der Waals surface area contributed by atoms with Crippen LogP contribution in [0.5, 0.6) is 0 Å². The van der Waals surface area contributed by atoms with E-state index in [0.717, 1.165) is 16.2 Å². The van der Waals surface area contributed by atoms with Gasteiger partial charge in [0.25, 0.3) is 11.8 Å². The van der Waals surface area contributed by atoms with Gasteiger partial charge in [-0.1, -0.05) is 5.16 Å². The first-order valence-corrected chi connectivity index (χ1v) is 14.3. The molecule has 19 heteroatoms. The molecule has 0 bridgehead atoms. The van der Waals surface area contributed by atoms with E-state index in [0.29, 0.717) is 5.57 Å². The van der Waals surface area contributed by atoms with Crippen LogP contribution in [0.3, 0.4) is 0 Å². The molecule has 240 valence electrons. The molecule has 43 heavy (non-hydrogen) atoms. The lowest BCUT2D eigenvalue weighted by Crippen LogP contribution is -2.71. The zero-order chi connectivity index (χ0) is 30.5. The van der Waals surface area contributed by atoms with Gasteiger partial charge in [0.1, 0.15) is 35.5 Å². The summed E-state index contributed by atoms with van der Waals surface area (Å²) in [4.78, 5) is 73.4. The number of nitrogen functional groups attached to an aromatic ring is 1. The number of ether oxygens (including phenoxy) is 3. The number of rotatable bonds is 11. The highest BCUT2D eigenvalue weighted by molar-refractivity contribution is 8.00. The van der Waals surface area contributed by atoms with Crippen molar-refractivity contribution in [2.75, 3.05) is 31.4 Å². The number of nitrogens with one attached hydrogen (secondary N) is 1. The number of amides is 2. The Hall–Kier alpha value is -3.12. The van der Waals surface area contributed by atoms with E-state index in [1.165, 1.54) is 24.1 Å². The number of nitrogens with zero attached hydrogens (tertiary/aromatic N) is 3. The van der Waals surface area contributed by atoms with Crippen LogP contribution in [0.15, 0.2) is 21.8 Å². The highest BCUT2D eigenvalue weighted by Crippen LogP contribution is 2.40. The Bertz CT molecular complexity index is 1280. The number of fused-ring (bicyclic) bond motifs is 1. The van der Waals surface area contributed by atoms with Crippen LogP contribution in [0, 0.1) is 5.41 Å². The van der Waals surface area contributed by atoms with Crippen molar-refractivity contribution < 1.29 is 43.0 Å². The average molecular weight is 686 g/mol. The minimum Gasteiger partial charge on any atom is -0.461 e. The zero-order valence-corrected chi connectivity index (χ0v) is 27.2. The van der Waals surface area contributed by atoms with Gasteiger partial charge in [0.15, 0.2) is 10.8 Å². The first kappa shape index (κ1) is 37.9. The molecule has 0 aromatic carbocycles. The minimum absolute atomic E-state index is 0. The average Bonchev–Trinajstić information content (AvgIpc) is 3.34. The van der Waals surface area contributed by atoms with Crippen molar-refractivity contribution in [3.05, 3.63) is 22.3 Å². The van der Waals surface area contributed by atoms with Crippen molar-refractivity contribution in [3.8, 4) is 0 Å². The second-order valence-electron chi connectivity index (χ2n) is 9.99. The summed E-state index contributed by atoms with van der Waals surface area (Å²) >= 11 is 2.33. The summed E-state index contributed by atoms with van der Waals surface area (Å²) in [6.45, 7) is 6.97.